The first-order valence-electron chi connectivity index (χ1n) is 5.45. The van der Waals surface area contributed by atoms with Crippen LogP contribution >= 0.6 is 50.1 Å². The van der Waals surface area contributed by atoms with E-state index in [0.717, 1.165) is 14.7 Å². The summed E-state index contributed by atoms with van der Waals surface area (Å²) in [6, 6.07) is 10.9. The number of benzene rings is 2. The molecular formula is C14H10BrClFIO. The van der Waals surface area contributed by atoms with E-state index in [1.807, 2.05) is 24.3 Å². The molecule has 0 spiro atoms. The summed E-state index contributed by atoms with van der Waals surface area (Å²) in [7, 11) is 1.50. The molecule has 2 aromatic rings. The van der Waals surface area contributed by atoms with Crippen LogP contribution in [0.2, 0.25) is 0 Å². The van der Waals surface area contributed by atoms with Crippen LogP contribution in [0.25, 0.3) is 0 Å². The normalized spacial score (nSPS) is 12.3. The van der Waals surface area contributed by atoms with Gasteiger partial charge in [-0.15, -0.1) is 11.6 Å². The van der Waals surface area contributed by atoms with Gasteiger partial charge in [-0.25, -0.2) is 4.39 Å². The summed E-state index contributed by atoms with van der Waals surface area (Å²) in [5, 5.41) is -0.387. The van der Waals surface area contributed by atoms with Gasteiger partial charge in [0.2, 0.25) is 0 Å². The molecule has 0 aliphatic heterocycles. The van der Waals surface area contributed by atoms with Gasteiger partial charge in [-0.1, -0.05) is 12.1 Å². The molecule has 100 valence electrons. The van der Waals surface area contributed by atoms with Gasteiger partial charge in [0.25, 0.3) is 0 Å². The predicted molar refractivity (Wildman–Crippen MR) is 87.5 cm³/mol. The molecule has 0 amide bonds. The highest BCUT2D eigenvalue weighted by atomic mass is 127. The van der Waals surface area contributed by atoms with Gasteiger partial charge in [0.05, 0.1) is 17.0 Å². The summed E-state index contributed by atoms with van der Waals surface area (Å²) in [5.41, 5.74) is 1.69. The molecule has 0 saturated carbocycles. The van der Waals surface area contributed by atoms with Crippen LogP contribution in [0.1, 0.15) is 16.5 Å². The van der Waals surface area contributed by atoms with Crippen LogP contribution in [-0.4, -0.2) is 7.11 Å². The summed E-state index contributed by atoms with van der Waals surface area (Å²) >= 11 is 11.9. The zero-order valence-corrected chi connectivity index (χ0v) is 14.5. The van der Waals surface area contributed by atoms with Crippen molar-refractivity contribution >= 4 is 50.1 Å². The lowest BCUT2D eigenvalue weighted by Crippen LogP contribution is -1.99. The van der Waals surface area contributed by atoms with Crippen molar-refractivity contribution < 1.29 is 9.13 Å². The zero-order valence-electron chi connectivity index (χ0n) is 9.96. The minimum absolute atomic E-state index is 0.368. The average Bonchev–Trinajstić information content (AvgIpc) is 2.40. The molecule has 0 fully saturated rings. The van der Waals surface area contributed by atoms with E-state index < -0.39 is 0 Å². The summed E-state index contributed by atoms with van der Waals surface area (Å²) < 4.78 is 20.2. The molecule has 5 heteroatoms. The monoisotopic (exact) mass is 454 g/mol. The third-order valence-corrected chi connectivity index (χ3v) is 4.45. The van der Waals surface area contributed by atoms with Crippen LogP contribution < -0.4 is 4.74 Å². The Morgan fingerprint density at radius 1 is 1.32 bits per heavy atom. The van der Waals surface area contributed by atoms with Gasteiger partial charge in [-0.2, -0.15) is 0 Å². The van der Waals surface area contributed by atoms with Crippen molar-refractivity contribution in [3.63, 3.8) is 0 Å². The SMILES string of the molecule is COc1cc(F)c(Br)cc1C(Cl)c1cccc(I)c1. The first-order chi connectivity index (χ1) is 9.02. The molecule has 1 unspecified atom stereocenters. The molecule has 1 atom stereocenters. The number of hydrogen-bond acceptors (Lipinski definition) is 1. The van der Waals surface area contributed by atoms with Crippen LogP contribution in [0, 0.1) is 9.39 Å². The molecule has 0 aromatic heterocycles. The number of hydrogen-bond donors (Lipinski definition) is 0. The van der Waals surface area contributed by atoms with E-state index in [1.165, 1.54) is 13.2 Å². The fourth-order valence-electron chi connectivity index (χ4n) is 1.76. The number of methoxy groups -OCH3 is 1. The van der Waals surface area contributed by atoms with Gasteiger partial charge in [0.1, 0.15) is 11.6 Å². The second-order valence-electron chi connectivity index (χ2n) is 3.93. The molecule has 0 bridgehead atoms. The fraction of sp³-hybridized carbons (Fsp3) is 0.143. The minimum atomic E-state index is -0.387. The molecule has 1 nitrogen and oxygen atoms in total. The fourth-order valence-corrected chi connectivity index (χ4v) is 3.00. The third-order valence-electron chi connectivity index (χ3n) is 2.69. The van der Waals surface area contributed by atoms with Crippen LogP contribution in [-0.2, 0) is 0 Å². The van der Waals surface area contributed by atoms with E-state index in [0.29, 0.717) is 10.2 Å². The standard InChI is InChI=1S/C14H10BrClFIO/c1-19-13-7-12(17)11(15)6-10(13)14(16)8-3-2-4-9(18)5-8/h2-7,14H,1H3. The van der Waals surface area contributed by atoms with E-state index in [9.17, 15) is 4.39 Å². The maximum absolute atomic E-state index is 13.5. The van der Waals surface area contributed by atoms with Crippen molar-refractivity contribution in [1.29, 1.82) is 0 Å². The molecule has 2 rings (SSSR count). The minimum Gasteiger partial charge on any atom is -0.496 e. The molecular weight excluding hydrogens is 445 g/mol. The third kappa shape index (κ3) is 3.41. The van der Waals surface area contributed by atoms with Gasteiger partial charge >= 0.3 is 0 Å². The van der Waals surface area contributed by atoms with Crippen molar-refractivity contribution in [2.24, 2.45) is 0 Å². The second kappa shape index (κ2) is 6.41. The lowest BCUT2D eigenvalue weighted by molar-refractivity contribution is 0.406. The lowest BCUT2D eigenvalue weighted by atomic mass is 10.0. The van der Waals surface area contributed by atoms with E-state index in [2.05, 4.69) is 38.5 Å². The first-order valence-corrected chi connectivity index (χ1v) is 7.76. The Labute approximate surface area is 138 Å². The molecule has 0 aliphatic carbocycles. The van der Waals surface area contributed by atoms with Crippen LogP contribution in [0.5, 0.6) is 5.75 Å². The molecule has 0 heterocycles. The van der Waals surface area contributed by atoms with E-state index in [1.54, 1.807) is 6.07 Å². The Hall–Kier alpha value is -0.330. The maximum Gasteiger partial charge on any atom is 0.141 e. The number of ether oxygens (including phenoxy) is 1. The van der Waals surface area contributed by atoms with Gasteiger partial charge < -0.3 is 4.74 Å². The van der Waals surface area contributed by atoms with Gasteiger partial charge in [0.15, 0.2) is 0 Å². The molecule has 19 heavy (non-hydrogen) atoms. The Morgan fingerprint density at radius 2 is 2.05 bits per heavy atom. The summed E-state index contributed by atoms with van der Waals surface area (Å²) in [4.78, 5) is 0. The maximum atomic E-state index is 13.5. The van der Waals surface area contributed by atoms with E-state index >= 15 is 0 Å². The van der Waals surface area contributed by atoms with Crippen molar-refractivity contribution in [3.8, 4) is 5.75 Å². The summed E-state index contributed by atoms with van der Waals surface area (Å²) in [6.45, 7) is 0. The molecule has 0 aliphatic rings. The largest absolute Gasteiger partial charge is 0.496 e. The van der Waals surface area contributed by atoms with Crippen LogP contribution in [0.4, 0.5) is 4.39 Å². The number of halogens is 4. The van der Waals surface area contributed by atoms with Crippen molar-refractivity contribution in [3.05, 3.63) is 61.4 Å². The van der Waals surface area contributed by atoms with Crippen LogP contribution in [0.3, 0.4) is 0 Å². The molecule has 0 radical (unpaired) electrons. The number of rotatable bonds is 3. The van der Waals surface area contributed by atoms with E-state index in [-0.39, 0.29) is 11.2 Å². The molecule has 2 aromatic carbocycles. The highest BCUT2D eigenvalue weighted by Crippen LogP contribution is 2.38. The van der Waals surface area contributed by atoms with Gasteiger partial charge in [-0.05, 0) is 62.3 Å². The van der Waals surface area contributed by atoms with Crippen molar-refractivity contribution in [2.75, 3.05) is 7.11 Å². The number of alkyl halides is 1. The summed E-state index contributed by atoms with van der Waals surface area (Å²) in [5.74, 6) is 0.0756. The first kappa shape index (κ1) is 15.1. The molecule has 0 saturated heterocycles. The zero-order chi connectivity index (χ0) is 14.0. The predicted octanol–water partition coefficient (Wildman–Crippen LogP) is 5.53. The molecule has 0 N–H and O–H groups in total. The van der Waals surface area contributed by atoms with E-state index in [4.69, 9.17) is 16.3 Å². The lowest BCUT2D eigenvalue weighted by Gasteiger charge is -2.15. The topological polar surface area (TPSA) is 9.23 Å². The summed E-state index contributed by atoms with van der Waals surface area (Å²) in [6.07, 6.45) is 0. The second-order valence-corrected chi connectivity index (χ2v) is 6.46. The van der Waals surface area contributed by atoms with Gasteiger partial charge in [-0.3, -0.25) is 0 Å². The Kier molecular flexibility index (Phi) is 5.09. The highest BCUT2D eigenvalue weighted by Gasteiger charge is 2.18. The van der Waals surface area contributed by atoms with Gasteiger partial charge in [0, 0.05) is 15.2 Å². The van der Waals surface area contributed by atoms with Crippen molar-refractivity contribution in [2.45, 2.75) is 5.38 Å². The van der Waals surface area contributed by atoms with Crippen molar-refractivity contribution in [1.82, 2.24) is 0 Å². The van der Waals surface area contributed by atoms with Crippen LogP contribution in [0.15, 0.2) is 40.9 Å². The Balaban J connectivity index is 2.49. The smallest absolute Gasteiger partial charge is 0.141 e. The quantitative estimate of drug-likeness (QED) is 0.437. The Bertz CT molecular complexity index is 606. The average molecular weight is 455 g/mol. The Morgan fingerprint density at radius 3 is 2.68 bits per heavy atom. The highest BCUT2D eigenvalue weighted by molar-refractivity contribution is 14.1.